The van der Waals surface area contributed by atoms with Crippen molar-refractivity contribution < 1.29 is 14.3 Å². The van der Waals surface area contributed by atoms with Crippen molar-refractivity contribution in [2.75, 3.05) is 17.7 Å². The van der Waals surface area contributed by atoms with E-state index >= 15 is 0 Å². The second-order valence-corrected chi connectivity index (χ2v) is 5.83. The number of para-hydroxylation sites is 1. The van der Waals surface area contributed by atoms with Crippen LogP contribution >= 0.6 is 11.6 Å². The molecule has 2 N–H and O–H groups in total. The summed E-state index contributed by atoms with van der Waals surface area (Å²) in [5, 5.41) is 6.24. The van der Waals surface area contributed by atoms with E-state index in [1.807, 2.05) is 12.1 Å². The number of carbonyl (C=O) groups excluding carboxylic acids is 2. The molecule has 0 atom stereocenters. The van der Waals surface area contributed by atoms with Gasteiger partial charge >= 0.3 is 5.97 Å². The molecule has 0 spiro atoms. The van der Waals surface area contributed by atoms with Crippen LogP contribution in [0.5, 0.6) is 0 Å². The predicted octanol–water partition coefficient (Wildman–Crippen LogP) is 3.91. The summed E-state index contributed by atoms with van der Waals surface area (Å²) in [6, 6.07) is 13.6. The van der Waals surface area contributed by atoms with Gasteiger partial charge in [0.05, 0.1) is 35.8 Å². The molecule has 0 bridgehead atoms. The molecule has 8 heteroatoms. The number of nitrogens with zero attached hydrogens (tertiary/aromatic N) is 2. The smallest absolute Gasteiger partial charge is 0.337 e. The van der Waals surface area contributed by atoms with Crippen LogP contribution in [-0.4, -0.2) is 29.0 Å². The number of carbonyl (C=O) groups is 2. The third-order valence-electron chi connectivity index (χ3n) is 3.56. The minimum Gasteiger partial charge on any atom is -0.465 e. The van der Waals surface area contributed by atoms with Crippen LogP contribution in [0, 0.1) is 0 Å². The van der Waals surface area contributed by atoms with E-state index in [1.54, 1.807) is 30.3 Å². The number of anilines is 3. The third kappa shape index (κ3) is 4.59. The van der Waals surface area contributed by atoms with Crippen molar-refractivity contribution in [2.45, 2.75) is 0 Å². The van der Waals surface area contributed by atoms with Crippen LogP contribution in [0.2, 0.25) is 5.02 Å². The molecule has 1 heterocycles. The fraction of sp³-hybridized carbons (Fsp3) is 0.0526. The molecular formula is C19H15ClN4O3. The minimum atomic E-state index is -0.485. The molecule has 0 radical (unpaired) electrons. The number of halogens is 1. The van der Waals surface area contributed by atoms with E-state index in [2.05, 4.69) is 25.3 Å². The number of nitrogens with one attached hydrogen (secondary N) is 2. The number of hydrogen-bond donors (Lipinski definition) is 2. The second-order valence-electron chi connectivity index (χ2n) is 5.42. The molecule has 1 amide bonds. The van der Waals surface area contributed by atoms with Gasteiger partial charge in [-0.2, -0.15) is 0 Å². The zero-order valence-electron chi connectivity index (χ0n) is 14.3. The molecule has 136 valence electrons. The summed E-state index contributed by atoms with van der Waals surface area (Å²) in [7, 11) is 1.29. The van der Waals surface area contributed by atoms with E-state index in [1.165, 1.54) is 25.6 Å². The molecule has 0 aliphatic carbocycles. The molecule has 2 aromatic carbocycles. The molecule has 1 aromatic heterocycles. The Morgan fingerprint density at radius 3 is 2.56 bits per heavy atom. The molecule has 0 fully saturated rings. The Kier molecular flexibility index (Phi) is 5.63. The van der Waals surface area contributed by atoms with Crippen LogP contribution in [0.1, 0.15) is 20.8 Å². The van der Waals surface area contributed by atoms with Gasteiger partial charge < -0.3 is 15.4 Å². The molecule has 0 aliphatic heterocycles. The summed E-state index contributed by atoms with van der Waals surface area (Å²) in [5.74, 6) is -0.484. The van der Waals surface area contributed by atoms with E-state index in [9.17, 15) is 9.59 Å². The average Bonchev–Trinajstić information content (AvgIpc) is 2.70. The molecule has 3 aromatic rings. The van der Waals surface area contributed by atoms with Gasteiger partial charge in [0.1, 0.15) is 11.5 Å². The third-order valence-corrected chi connectivity index (χ3v) is 3.89. The lowest BCUT2D eigenvalue weighted by molar-refractivity contribution is 0.0600. The first-order valence-corrected chi connectivity index (χ1v) is 8.28. The van der Waals surface area contributed by atoms with Crippen LogP contribution in [0.3, 0.4) is 0 Å². The van der Waals surface area contributed by atoms with Gasteiger partial charge in [-0.05, 0) is 30.3 Å². The van der Waals surface area contributed by atoms with Crippen LogP contribution in [0.15, 0.2) is 60.9 Å². The van der Waals surface area contributed by atoms with Gasteiger partial charge in [-0.1, -0.05) is 29.8 Å². The van der Waals surface area contributed by atoms with Gasteiger partial charge in [-0.15, -0.1) is 0 Å². The maximum atomic E-state index is 12.3. The molecule has 0 aliphatic rings. The molecular weight excluding hydrogens is 368 g/mol. The van der Waals surface area contributed by atoms with Gasteiger partial charge in [0.15, 0.2) is 0 Å². The Balaban J connectivity index is 1.69. The highest BCUT2D eigenvalue weighted by Gasteiger charge is 2.11. The number of hydrogen-bond acceptors (Lipinski definition) is 6. The Morgan fingerprint density at radius 1 is 1.04 bits per heavy atom. The van der Waals surface area contributed by atoms with Gasteiger partial charge in [-0.3, -0.25) is 4.79 Å². The summed E-state index contributed by atoms with van der Waals surface area (Å²) in [5.41, 5.74) is 1.59. The lowest BCUT2D eigenvalue weighted by atomic mass is 10.2. The SMILES string of the molecule is COC(=O)c1cccc(NC(=O)c2cnc(Nc3ccccc3Cl)cn2)c1. The quantitative estimate of drug-likeness (QED) is 0.650. The normalized spacial score (nSPS) is 10.1. The number of esters is 1. The first-order valence-electron chi connectivity index (χ1n) is 7.90. The largest absolute Gasteiger partial charge is 0.465 e. The maximum absolute atomic E-state index is 12.3. The number of rotatable bonds is 5. The van der Waals surface area contributed by atoms with Crippen LogP contribution in [0.25, 0.3) is 0 Å². The van der Waals surface area contributed by atoms with Crippen LogP contribution in [-0.2, 0) is 4.74 Å². The Bertz CT molecular complexity index is 977. The predicted molar refractivity (Wildman–Crippen MR) is 103 cm³/mol. The van der Waals surface area contributed by atoms with Crippen LogP contribution < -0.4 is 10.6 Å². The number of amides is 1. The number of benzene rings is 2. The summed E-state index contributed by atoms with van der Waals surface area (Å²) in [4.78, 5) is 32.1. The lowest BCUT2D eigenvalue weighted by Crippen LogP contribution is -2.14. The molecule has 27 heavy (non-hydrogen) atoms. The van der Waals surface area contributed by atoms with Gasteiger partial charge in [0, 0.05) is 5.69 Å². The monoisotopic (exact) mass is 382 g/mol. The maximum Gasteiger partial charge on any atom is 0.337 e. The van der Waals surface area contributed by atoms with Crippen molar-refractivity contribution in [3.8, 4) is 0 Å². The number of ether oxygens (including phenoxy) is 1. The van der Waals surface area contributed by atoms with Crippen molar-refractivity contribution in [3.05, 3.63) is 77.2 Å². The number of aromatic nitrogens is 2. The van der Waals surface area contributed by atoms with E-state index < -0.39 is 11.9 Å². The topological polar surface area (TPSA) is 93.2 Å². The highest BCUT2D eigenvalue weighted by Crippen LogP contribution is 2.23. The van der Waals surface area contributed by atoms with Crippen molar-refractivity contribution in [1.29, 1.82) is 0 Å². The molecule has 0 saturated carbocycles. The van der Waals surface area contributed by atoms with Crippen molar-refractivity contribution >= 4 is 40.7 Å². The van der Waals surface area contributed by atoms with Gasteiger partial charge in [0.25, 0.3) is 5.91 Å². The lowest BCUT2D eigenvalue weighted by Gasteiger charge is -2.08. The zero-order valence-corrected chi connectivity index (χ0v) is 15.0. The van der Waals surface area contributed by atoms with Gasteiger partial charge in [-0.25, -0.2) is 14.8 Å². The second kappa shape index (κ2) is 8.29. The Labute approximate surface area is 160 Å². The van der Waals surface area contributed by atoms with E-state index in [4.69, 9.17) is 11.6 Å². The van der Waals surface area contributed by atoms with E-state index in [0.717, 1.165) is 0 Å². The van der Waals surface area contributed by atoms with Gasteiger partial charge in [0.2, 0.25) is 0 Å². The minimum absolute atomic E-state index is 0.128. The van der Waals surface area contributed by atoms with Crippen molar-refractivity contribution in [2.24, 2.45) is 0 Å². The zero-order chi connectivity index (χ0) is 19.2. The number of methoxy groups -OCH3 is 1. The fourth-order valence-electron chi connectivity index (χ4n) is 2.25. The Morgan fingerprint density at radius 2 is 1.85 bits per heavy atom. The fourth-order valence-corrected chi connectivity index (χ4v) is 2.43. The summed E-state index contributed by atoms with van der Waals surface area (Å²) in [6.45, 7) is 0. The summed E-state index contributed by atoms with van der Waals surface area (Å²) in [6.07, 6.45) is 2.78. The molecule has 0 unspecified atom stereocenters. The summed E-state index contributed by atoms with van der Waals surface area (Å²) < 4.78 is 4.66. The summed E-state index contributed by atoms with van der Waals surface area (Å²) >= 11 is 6.08. The van der Waals surface area contributed by atoms with E-state index in [-0.39, 0.29) is 5.69 Å². The van der Waals surface area contributed by atoms with E-state index in [0.29, 0.717) is 27.8 Å². The van der Waals surface area contributed by atoms with Crippen LogP contribution in [0.4, 0.5) is 17.2 Å². The highest BCUT2D eigenvalue weighted by atomic mass is 35.5. The first kappa shape index (κ1) is 18.3. The molecule has 0 saturated heterocycles. The standard InChI is InChI=1S/C19H15ClN4O3/c1-27-19(26)12-5-4-6-13(9-12)23-18(25)16-10-22-17(11-21-16)24-15-8-3-2-7-14(15)20/h2-11H,1H3,(H,22,24)(H,23,25). The highest BCUT2D eigenvalue weighted by molar-refractivity contribution is 6.33. The first-order chi connectivity index (χ1) is 13.1. The van der Waals surface area contributed by atoms with Crippen molar-refractivity contribution in [1.82, 2.24) is 9.97 Å². The average molecular weight is 383 g/mol. The Hall–Kier alpha value is -3.45. The molecule has 7 nitrogen and oxygen atoms in total. The molecule has 3 rings (SSSR count). The van der Waals surface area contributed by atoms with Crippen molar-refractivity contribution in [3.63, 3.8) is 0 Å².